The molecule has 1 aliphatic heterocycles. The molecular formula is C28H31N7O. The monoisotopic (exact) mass is 481 g/mol. The lowest BCUT2D eigenvalue weighted by atomic mass is 9.89. The van der Waals surface area contributed by atoms with Crippen LogP contribution in [-0.2, 0) is 0 Å². The number of nitrogens with zero attached hydrogens (tertiary/aromatic N) is 5. The van der Waals surface area contributed by atoms with Gasteiger partial charge >= 0.3 is 0 Å². The summed E-state index contributed by atoms with van der Waals surface area (Å²) in [6.45, 7) is 4.26. The Morgan fingerprint density at radius 2 is 1.75 bits per heavy atom. The number of anilines is 4. The number of benzene rings is 1. The largest absolute Gasteiger partial charge is 0.496 e. The Kier molecular flexibility index (Phi) is 7.04. The fourth-order valence-corrected chi connectivity index (χ4v) is 4.58. The van der Waals surface area contributed by atoms with Crippen LogP contribution in [0.1, 0.15) is 29.9 Å². The van der Waals surface area contributed by atoms with Gasteiger partial charge in [0, 0.05) is 30.3 Å². The lowest BCUT2D eigenvalue weighted by molar-refractivity contribution is 0.252. The summed E-state index contributed by atoms with van der Waals surface area (Å²) in [6, 6.07) is 15.9. The van der Waals surface area contributed by atoms with E-state index in [9.17, 15) is 0 Å². The van der Waals surface area contributed by atoms with Crippen LogP contribution in [0.4, 0.5) is 23.1 Å². The maximum atomic E-state index is 5.75. The molecule has 1 aliphatic rings. The molecule has 0 radical (unpaired) electrons. The molecule has 8 nitrogen and oxygen atoms in total. The van der Waals surface area contributed by atoms with Crippen molar-refractivity contribution in [3.63, 3.8) is 0 Å². The molecule has 5 rings (SSSR count). The standard InChI is InChI=1S/C28H31N7O/c1-19-8-13-29-24(17-19)27-23(5-4-12-30-27)33-26-9-14-31-28(34-26)32-21-6-7-22(25(18-21)36-3)20-10-15-35(2)16-11-20/h4-9,12-14,17-18,20H,10-11,15-16H2,1-3H3,(H2,31,32,33,34). The molecule has 36 heavy (non-hydrogen) atoms. The summed E-state index contributed by atoms with van der Waals surface area (Å²) in [4.78, 5) is 20.5. The van der Waals surface area contributed by atoms with E-state index < -0.39 is 0 Å². The zero-order valence-electron chi connectivity index (χ0n) is 20.9. The van der Waals surface area contributed by atoms with Crippen molar-refractivity contribution < 1.29 is 4.74 Å². The summed E-state index contributed by atoms with van der Waals surface area (Å²) in [5.41, 5.74) is 5.67. The topological polar surface area (TPSA) is 88.1 Å². The Morgan fingerprint density at radius 1 is 0.917 bits per heavy atom. The van der Waals surface area contributed by atoms with E-state index in [-0.39, 0.29) is 0 Å². The van der Waals surface area contributed by atoms with Gasteiger partial charge in [-0.1, -0.05) is 6.07 Å². The summed E-state index contributed by atoms with van der Waals surface area (Å²) in [6.07, 6.45) is 7.57. The molecule has 0 spiro atoms. The van der Waals surface area contributed by atoms with Crippen LogP contribution in [-0.4, -0.2) is 52.1 Å². The van der Waals surface area contributed by atoms with E-state index in [1.165, 1.54) is 5.56 Å². The van der Waals surface area contributed by atoms with Gasteiger partial charge in [-0.05, 0) is 93.3 Å². The van der Waals surface area contributed by atoms with Crippen LogP contribution in [0.3, 0.4) is 0 Å². The molecule has 184 valence electrons. The zero-order chi connectivity index (χ0) is 24.9. The Bertz CT molecular complexity index is 1340. The Labute approximate surface area is 211 Å². The van der Waals surface area contributed by atoms with E-state index in [1.54, 1.807) is 25.7 Å². The van der Waals surface area contributed by atoms with E-state index >= 15 is 0 Å². The molecule has 1 saturated heterocycles. The van der Waals surface area contributed by atoms with E-state index in [2.05, 4.69) is 54.6 Å². The van der Waals surface area contributed by atoms with Crippen molar-refractivity contribution in [1.29, 1.82) is 0 Å². The van der Waals surface area contributed by atoms with Crippen LogP contribution in [0, 0.1) is 6.92 Å². The molecule has 1 fully saturated rings. The van der Waals surface area contributed by atoms with E-state index in [1.807, 2.05) is 43.3 Å². The second-order valence-corrected chi connectivity index (χ2v) is 9.17. The molecule has 3 aromatic heterocycles. The van der Waals surface area contributed by atoms with Gasteiger partial charge in [0.2, 0.25) is 5.95 Å². The summed E-state index contributed by atoms with van der Waals surface area (Å²) in [5, 5.41) is 6.69. The number of rotatable bonds is 7. The average molecular weight is 482 g/mol. The third-order valence-electron chi connectivity index (χ3n) is 6.53. The number of aromatic nitrogens is 4. The number of pyridine rings is 2. The van der Waals surface area contributed by atoms with Crippen molar-refractivity contribution in [3.05, 3.63) is 78.2 Å². The van der Waals surface area contributed by atoms with Crippen molar-refractivity contribution in [2.24, 2.45) is 0 Å². The van der Waals surface area contributed by atoms with Gasteiger partial charge in [-0.2, -0.15) is 4.98 Å². The quantitative estimate of drug-likeness (QED) is 0.355. The Balaban J connectivity index is 1.34. The first kappa shape index (κ1) is 23.7. The molecular weight excluding hydrogens is 450 g/mol. The second kappa shape index (κ2) is 10.7. The highest BCUT2D eigenvalue weighted by Gasteiger charge is 2.21. The normalized spacial score (nSPS) is 14.4. The number of nitrogens with one attached hydrogen (secondary N) is 2. The number of likely N-dealkylation sites (tertiary alicyclic amines) is 1. The fraction of sp³-hybridized carbons (Fsp3) is 0.286. The number of methoxy groups -OCH3 is 1. The average Bonchev–Trinajstić information content (AvgIpc) is 2.90. The van der Waals surface area contributed by atoms with Crippen LogP contribution in [0.25, 0.3) is 11.4 Å². The first-order valence-corrected chi connectivity index (χ1v) is 12.2. The van der Waals surface area contributed by atoms with Gasteiger partial charge in [0.1, 0.15) is 17.3 Å². The van der Waals surface area contributed by atoms with Gasteiger partial charge in [-0.3, -0.25) is 9.97 Å². The summed E-state index contributed by atoms with van der Waals surface area (Å²) >= 11 is 0. The minimum absolute atomic E-state index is 0.494. The van der Waals surface area contributed by atoms with Crippen molar-refractivity contribution in [3.8, 4) is 17.1 Å². The SMILES string of the molecule is COc1cc(Nc2nccc(Nc3cccnc3-c3cc(C)ccn3)n2)ccc1C1CCN(C)CC1. The highest BCUT2D eigenvalue weighted by molar-refractivity contribution is 5.75. The zero-order valence-corrected chi connectivity index (χ0v) is 20.9. The highest BCUT2D eigenvalue weighted by Crippen LogP contribution is 2.36. The third-order valence-corrected chi connectivity index (χ3v) is 6.53. The van der Waals surface area contributed by atoms with Crippen LogP contribution >= 0.6 is 0 Å². The molecule has 0 unspecified atom stereocenters. The number of aryl methyl sites for hydroxylation is 1. The lowest BCUT2D eigenvalue weighted by Gasteiger charge is -2.30. The second-order valence-electron chi connectivity index (χ2n) is 9.17. The van der Waals surface area contributed by atoms with Gasteiger partial charge in [0.15, 0.2) is 0 Å². The van der Waals surface area contributed by atoms with Gasteiger partial charge in [-0.15, -0.1) is 0 Å². The molecule has 4 aromatic rings. The molecule has 0 bridgehead atoms. The number of hydrogen-bond acceptors (Lipinski definition) is 8. The van der Waals surface area contributed by atoms with Crippen LogP contribution < -0.4 is 15.4 Å². The minimum atomic E-state index is 0.494. The number of hydrogen-bond donors (Lipinski definition) is 2. The van der Waals surface area contributed by atoms with E-state index in [4.69, 9.17) is 4.74 Å². The number of piperidine rings is 1. The van der Waals surface area contributed by atoms with Crippen LogP contribution in [0.5, 0.6) is 5.75 Å². The molecule has 0 atom stereocenters. The van der Waals surface area contributed by atoms with Crippen LogP contribution in [0.15, 0.2) is 67.1 Å². The minimum Gasteiger partial charge on any atom is -0.496 e. The molecule has 0 amide bonds. The molecule has 8 heteroatoms. The Hall–Kier alpha value is -4.04. The molecule has 0 aliphatic carbocycles. The van der Waals surface area contributed by atoms with E-state index in [0.29, 0.717) is 17.7 Å². The van der Waals surface area contributed by atoms with Crippen LogP contribution in [0.2, 0.25) is 0 Å². The molecule has 0 saturated carbocycles. The van der Waals surface area contributed by atoms with Gasteiger partial charge < -0.3 is 20.3 Å². The van der Waals surface area contributed by atoms with Crippen molar-refractivity contribution in [2.45, 2.75) is 25.7 Å². The predicted molar refractivity (Wildman–Crippen MR) is 143 cm³/mol. The first-order valence-electron chi connectivity index (χ1n) is 12.2. The lowest BCUT2D eigenvalue weighted by Crippen LogP contribution is -2.29. The first-order chi connectivity index (χ1) is 17.6. The van der Waals surface area contributed by atoms with Gasteiger partial charge in [0.25, 0.3) is 0 Å². The third kappa shape index (κ3) is 5.44. The number of ether oxygens (including phenoxy) is 1. The highest BCUT2D eigenvalue weighted by atomic mass is 16.5. The van der Waals surface area contributed by atoms with Gasteiger partial charge in [0.05, 0.1) is 18.5 Å². The summed E-state index contributed by atoms with van der Waals surface area (Å²) in [7, 11) is 3.91. The van der Waals surface area contributed by atoms with Crippen molar-refractivity contribution >= 4 is 23.1 Å². The maximum absolute atomic E-state index is 5.75. The molecule has 2 N–H and O–H groups in total. The van der Waals surface area contributed by atoms with Gasteiger partial charge in [-0.25, -0.2) is 4.98 Å². The van der Waals surface area contributed by atoms with Crippen molar-refractivity contribution in [1.82, 2.24) is 24.8 Å². The van der Waals surface area contributed by atoms with Crippen molar-refractivity contribution in [2.75, 3.05) is 37.9 Å². The van der Waals surface area contributed by atoms with E-state index in [0.717, 1.165) is 60.0 Å². The maximum Gasteiger partial charge on any atom is 0.229 e. The predicted octanol–water partition coefficient (Wildman–Crippen LogP) is 5.55. The summed E-state index contributed by atoms with van der Waals surface area (Å²) in [5.74, 6) is 2.57. The fourth-order valence-electron chi connectivity index (χ4n) is 4.58. The smallest absolute Gasteiger partial charge is 0.229 e. The molecule has 4 heterocycles. The summed E-state index contributed by atoms with van der Waals surface area (Å²) < 4.78 is 5.75. The molecule has 1 aromatic carbocycles. The Morgan fingerprint density at radius 3 is 2.56 bits per heavy atom.